The number of halogens is 70. The fourth-order valence-corrected chi connectivity index (χ4v) is 7.20. The highest BCUT2D eigenvalue weighted by Gasteiger charge is 2.95. The molecule has 0 aliphatic heterocycles. The van der Waals surface area contributed by atoms with E-state index in [1.54, 1.807) is 0 Å². The second kappa shape index (κ2) is 32.5. The number of hydrogen-bond donors (Lipinski definition) is 3. The van der Waals surface area contributed by atoms with Crippen LogP contribution in [-0.4, -0.2) is 217 Å². The Balaban J connectivity index is 5.02. The van der Waals surface area contributed by atoms with E-state index in [4.69, 9.17) is 0 Å². The number of amides is 1. The number of carbonyl (C=O) groups excluding carboxylic acids is 1. The molecular formula is C43H8BF70NO13. The predicted octanol–water partition coefficient (Wildman–Crippen LogP) is 21.2. The van der Waals surface area contributed by atoms with Crippen LogP contribution < -0.4 is 10.8 Å². The first kappa shape index (κ1) is 119. The Morgan fingerprint density at radius 2 is 0.391 bits per heavy atom. The van der Waals surface area contributed by atoms with Gasteiger partial charge in [-0.1, -0.05) is 6.58 Å². The maximum absolute atomic E-state index is 16.8. The molecule has 0 fully saturated rings. The first-order valence-electron chi connectivity index (χ1n) is 27.2. The summed E-state index contributed by atoms with van der Waals surface area (Å²) in [6.07, 6.45) is -213. The maximum atomic E-state index is 16.8. The second-order valence-electron chi connectivity index (χ2n) is 22.3. The molecule has 0 heterocycles. The van der Waals surface area contributed by atoms with Gasteiger partial charge in [-0.25, -0.2) is 0 Å². The molecular weight excluding hydrogens is 2080 g/mol. The number of hydrogen-bond acceptors (Lipinski definition) is 13. The van der Waals surface area contributed by atoms with Crippen molar-refractivity contribution in [1.82, 2.24) is 0 Å². The minimum Gasteiger partial charge on any atom is -0.423 e. The summed E-state index contributed by atoms with van der Waals surface area (Å²) in [7, 11) is -5.37. The lowest BCUT2D eigenvalue weighted by molar-refractivity contribution is -0.601. The molecule has 0 spiro atoms. The van der Waals surface area contributed by atoms with Gasteiger partial charge < -0.3 is 15.4 Å². The Hall–Kier alpha value is -6.89. The summed E-state index contributed by atoms with van der Waals surface area (Å²) in [5.74, 6) is -120. The summed E-state index contributed by atoms with van der Waals surface area (Å²) >= 11 is 0. The van der Waals surface area contributed by atoms with Gasteiger partial charge in [0.1, 0.15) is 0 Å². The zero-order valence-electron chi connectivity index (χ0n) is 54.9. The van der Waals surface area contributed by atoms with E-state index < -0.39 is 259 Å². The van der Waals surface area contributed by atoms with Gasteiger partial charge in [-0.2, -0.15) is 307 Å². The Kier molecular flexibility index (Phi) is 30.2. The van der Waals surface area contributed by atoms with Gasteiger partial charge in [-0.05, 0) is 23.7 Å². The van der Waals surface area contributed by atoms with Crippen molar-refractivity contribution < 1.29 is 370 Å². The number of ether oxygens (including phenoxy) is 10. The predicted molar refractivity (Wildman–Crippen MR) is 234 cm³/mol. The molecule has 0 bridgehead atoms. The average Bonchev–Trinajstić information content (AvgIpc) is 0.707. The highest BCUT2D eigenvalue weighted by atomic mass is 19.5. The molecule has 0 saturated heterocycles. The largest absolute Gasteiger partial charge is 0.489 e. The monoisotopic (exact) mass is 2090 g/mol. The van der Waals surface area contributed by atoms with Crippen molar-refractivity contribution in [1.29, 1.82) is 0 Å². The Bertz CT molecular complexity index is 4070. The number of carbonyl (C=O) groups is 1. The summed E-state index contributed by atoms with van der Waals surface area (Å²) in [6.45, 7) is 2.05. The molecule has 1 aromatic carbocycles. The fourth-order valence-electron chi connectivity index (χ4n) is 7.20. The minimum absolute atomic E-state index is 0.117. The summed E-state index contributed by atoms with van der Waals surface area (Å²) in [4.78, 5) is 12.1. The molecule has 1 aromatic rings. The van der Waals surface area contributed by atoms with Crippen LogP contribution in [0.5, 0.6) is 0 Å². The van der Waals surface area contributed by atoms with Gasteiger partial charge in [-0.15, -0.1) is 0 Å². The van der Waals surface area contributed by atoms with Crippen molar-refractivity contribution in [2.24, 2.45) is 0 Å². The summed E-state index contributed by atoms with van der Waals surface area (Å²) in [5, 5.41) is 19.1. The van der Waals surface area contributed by atoms with E-state index in [1.165, 1.54) is 9.47 Å². The van der Waals surface area contributed by atoms with Crippen LogP contribution in [0.3, 0.4) is 0 Å². The number of nitrogens with one attached hydrogen (secondary N) is 1. The maximum Gasteiger partial charge on any atom is 0.489 e. The molecule has 0 aromatic heterocycles. The van der Waals surface area contributed by atoms with Crippen LogP contribution >= 0.6 is 0 Å². The zero-order chi connectivity index (χ0) is 104. The van der Waals surface area contributed by atoms with Crippen LogP contribution in [0.25, 0.3) is 0 Å². The van der Waals surface area contributed by atoms with E-state index in [2.05, 4.69) is 6.58 Å². The van der Waals surface area contributed by atoms with Gasteiger partial charge in [-0.3, -0.25) is 52.2 Å². The SMILES string of the molecule is C=CC(=O)Nc1cc(B(O)O)c(C(F)(OC(F)(F)C(F)(OC(F)(F)C(F)(OC(F)(F)C(F)(OC(F)(F)C(F)(OC(F)(F)C(F)(F)C(F)(F)F)C(F)(F)F)C(F)(F)F)C(F)(F)F)C(F)(F)F)C(F)(F)F)cc1C(F)(OC(F)(F)C(F)(OC(F)(F)C(F)(OC(F)(F)C(F)(OC(F)(F)C(F)(OC(F)(F)C(F)(F)C(F)(F)F)C(F)(F)F)C(F)(F)F)C(F)(F)F)C(F)(F)F)C(F)(F)F. The normalized spacial score (nSPS) is 20.2. The summed E-state index contributed by atoms with van der Waals surface area (Å²) in [6, 6.07) is -5.64. The third-order valence-electron chi connectivity index (χ3n) is 13.4. The standard InChI is InChI=1S/C43H8BF70NO13/c1-2-9(116)115-8-4-7(44(117)118)5(10(45,22(59,60)61)119-36(99,100)14(51,26(71,72)73)123-40(107,108)18(55,30(83,84)85)127-42(111,112)20(57,32(89,90)91)125-38(103,104)16(53,28(77,78)79)121-34(95,96)12(47,48)24(65,66)67)3-6(8)11(46,23(62,63)64)120-37(101,102)15(52,27(74,75)76)124-41(109,110)19(56,31(86,87)88)128-43(113,114)21(58,33(92,93)94)126-39(105,106)17(54,29(80,81)82)122-35(97,98)13(49,50)25(68,69)70/h2-4,117-118H,1H2,(H,115,116). The summed E-state index contributed by atoms with van der Waals surface area (Å²) < 4.78 is 1010. The highest BCUT2D eigenvalue weighted by molar-refractivity contribution is 6.59. The molecule has 0 aliphatic carbocycles. The smallest absolute Gasteiger partial charge is 0.423 e. The highest BCUT2D eigenvalue weighted by Crippen LogP contribution is 2.68. The third-order valence-corrected chi connectivity index (χ3v) is 13.4. The molecule has 14 nitrogen and oxygen atoms in total. The number of anilines is 1. The van der Waals surface area contributed by atoms with Gasteiger partial charge in [0.15, 0.2) is 0 Å². The lowest BCUT2D eigenvalue weighted by atomic mass is 9.73. The Morgan fingerprint density at radius 1 is 0.234 bits per heavy atom. The van der Waals surface area contributed by atoms with E-state index in [-0.39, 0.29) is 5.32 Å². The van der Waals surface area contributed by atoms with Gasteiger partial charge in [0.2, 0.25) is 5.91 Å². The van der Waals surface area contributed by atoms with Crippen LogP contribution in [-0.2, 0) is 63.9 Å². The van der Waals surface area contributed by atoms with Crippen molar-refractivity contribution >= 4 is 24.2 Å². The molecule has 3 N–H and O–H groups in total. The van der Waals surface area contributed by atoms with Crippen molar-refractivity contribution in [3.05, 3.63) is 35.9 Å². The van der Waals surface area contributed by atoms with E-state index >= 15 is 70.2 Å². The molecule has 85 heteroatoms. The molecule has 10 atom stereocenters. The molecule has 0 saturated carbocycles. The summed E-state index contributed by atoms with van der Waals surface area (Å²) in [5.41, 5.74) is -18.6. The van der Waals surface area contributed by atoms with Crippen LogP contribution in [0.4, 0.5) is 313 Å². The van der Waals surface area contributed by atoms with Crippen LogP contribution in [0.2, 0.25) is 0 Å². The molecule has 756 valence electrons. The number of alkyl halides is 70. The topological polar surface area (TPSA) is 162 Å². The molecule has 1 amide bonds. The molecule has 128 heavy (non-hydrogen) atoms. The van der Waals surface area contributed by atoms with E-state index in [0.29, 0.717) is 37.9 Å². The van der Waals surface area contributed by atoms with Gasteiger partial charge >= 0.3 is 213 Å². The third kappa shape index (κ3) is 19.9. The lowest BCUT2D eigenvalue weighted by Crippen LogP contribution is -2.73. The zero-order valence-corrected chi connectivity index (χ0v) is 54.9. The van der Waals surface area contributed by atoms with Gasteiger partial charge in [0.05, 0.1) is 0 Å². The van der Waals surface area contributed by atoms with Crippen molar-refractivity contribution in [2.45, 2.75) is 206 Å². The van der Waals surface area contributed by atoms with Crippen LogP contribution in [0.15, 0.2) is 24.8 Å². The quantitative estimate of drug-likeness (QED) is 0.0335. The van der Waals surface area contributed by atoms with Crippen LogP contribution in [0, 0.1) is 0 Å². The second-order valence-corrected chi connectivity index (χ2v) is 22.3. The molecule has 1 rings (SSSR count). The first-order chi connectivity index (χ1) is 54.4. The minimum atomic E-state index is -10.4. The molecule has 0 radical (unpaired) electrons. The first-order valence-corrected chi connectivity index (χ1v) is 27.2. The average molecular weight is 2090 g/mol. The van der Waals surface area contributed by atoms with Crippen molar-refractivity contribution in [3.63, 3.8) is 0 Å². The Labute approximate surface area is 641 Å². The van der Waals surface area contributed by atoms with Gasteiger partial charge in [0, 0.05) is 16.8 Å². The fraction of sp³-hybridized carbons (Fsp3) is 0.791. The van der Waals surface area contributed by atoms with Crippen molar-refractivity contribution in [3.8, 4) is 0 Å². The number of rotatable bonds is 35. The Morgan fingerprint density at radius 3 is 0.531 bits per heavy atom. The van der Waals surface area contributed by atoms with Gasteiger partial charge in [0.25, 0.3) is 0 Å². The lowest BCUT2D eigenvalue weighted by Gasteiger charge is -2.45. The van der Waals surface area contributed by atoms with Crippen molar-refractivity contribution in [2.75, 3.05) is 5.32 Å². The van der Waals surface area contributed by atoms with E-state index in [0.717, 1.165) is 0 Å². The van der Waals surface area contributed by atoms with E-state index in [1.807, 2.05) is 0 Å². The van der Waals surface area contributed by atoms with E-state index in [9.17, 15) is 252 Å². The molecule has 0 aliphatic rings. The number of benzene rings is 1. The molecule has 10 unspecified atom stereocenters. The van der Waals surface area contributed by atoms with Crippen LogP contribution in [0.1, 0.15) is 11.1 Å².